The fourth-order valence-corrected chi connectivity index (χ4v) is 5.18. The molecule has 32 heavy (non-hydrogen) atoms. The molecule has 4 heterocycles. The number of H-pyrrole nitrogens is 1. The first kappa shape index (κ1) is 21.0. The second-order valence-corrected chi connectivity index (χ2v) is 8.73. The lowest BCUT2D eigenvalue weighted by Gasteiger charge is -2.39. The van der Waals surface area contributed by atoms with Crippen molar-refractivity contribution in [3.05, 3.63) is 62.4 Å². The molecule has 3 aromatic rings. The van der Waals surface area contributed by atoms with Gasteiger partial charge in [0, 0.05) is 30.7 Å². The summed E-state index contributed by atoms with van der Waals surface area (Å²) >= 11 is 0. The molecule has 2 saturated heterocycles. The summed E-state index contributed by atoms with van der Waals surface area (Å²) in [5.74, 6) is 0.507. The SMILES string of the molecule is Cc1nc2n(CCCN3C4CCC3CC(OCc3ccccc3F)C4)c(=O)[nH]c(=O)n2n1. The molecular weight excluding hydrogens is 415 g/mol. The first-order chi connectivity index (χ1) is 15.5. The molecule has 9 nitrogen and oxygen atoms in total. The summed E-state index contributed by atoms with van der Waals surface area (Å²) in [6.07, 6.45) is 5.06. The average molecular weight is 442 g/mol. The Bertz CT molecular complexity index is 1220. The Morgan fingerprint density at radius 3 is 2.62 bits per heavy atom. The Morgan fingerprint density at radius 1 is 1.12 bits per heavy atom. The molecule has 2 aromatic heterocycles. The van der Waals surface area contributed by atoms with Gasteiger partial charge in [-0.1, -0.05) is 18.2 Å². The van der Waals surface area contributed by atoms with E-state index < -0.39 is 11.4 Å². The standard InChI is InChI=1S/C22H27FN6O3/c1-14-24-20-28(21(30)25-22(31)29(20)26-14)10-4-9-27-16-7-8-17(27)12-18(11-16)32-13-15-5-2-3-6-19(15)23/h2-3,5-6,16-18H,4,7-13H2,1H3,(H,25,30,31). The van der Waals surface area contributed by atoms with Crippen LogP contribution in [-0.2, 0) is 17.9 Å². The average Bonchev–Trinajstić information content (AvgIpc) is 3.26. The number of hydrogen-bond donors (Lipinski definition) is 1. The third-order valence-corrected chi connectivity index (χ3v) is 6.66. The summed E-state index contributed by atoms with van der Waals surface area (Å²) in [7, 11) is 0. The molecule has 0 amide bonds. The molecule has 0 saturated carbocycles. The van der Waals surface area contributed by atoms with E-state index in [-0.39, 0.29) is 17.7 Å². The van der Waals surface area contributed by atoms with E-state index in [0.717, 1.165) is 43.2 Å². The van der Waals surface area contributed by atoms with Crippen LogP contribution in [0.5, 0.6) is 0 Å². The summed E-state index contributed by atoms with van der Waals surface area (Å²) in [5.41, 5.74) is -0.431. The number of hydrogen-bond acceptors (Lipinski definition) is 6. The lowest BCUT2D eigenvalue weighted by molar-refractivity contribution is -0.0293. The van der Waals surface area contributed by atoms with E-state index in [1.807, 2.05) is 6.07 Å². The second kappa shape index (κ2) is 8.59. The van der Waals surface area contributed by atoms with Gasteiger partial charge in [-0.2, -0.15) is 4.98 Å². The van der Waals surface area contributed by atoms with Gasteiger partial charge in [-0.05, 0) is 45.1 Å². The van der Waals surface area contributed by atoms with Crippen LogP contribution in [0.2, 0.25) is 0 Å². The third kappa shape index (κ3) is 4.00. The van der Waals surface area contributed by atoms with Crippen LogP contribution in [0.15, 0.2) is 33.9 Å². The number of fused-ring (bicyclic) bond motifs is 3. The van der Waals surface area contributed by atoms with Crippen molar-refractivity contribution in [1.29, 1.82) is 0 Å². The summed E-state index contributed by atoms with van der Waals surface area (Å²) < 4.78 is 22.5. The van der Waals surface area contributed by atoms with E-state index in [2.05, 4.69) is 20.0 Å². The molecule has 10 heteroatoms. The van der Waals surface area contributed by atoms with Crippen LogP contribution in [0.3, 0.4) is 0 Å². The molecule has 170 valence electrons. The van der Waals surface area contributed by atoms with Crippen LogP contribution >= 0.6 is 0 Å². The number of aromatic nitrogens is 5. The van der Waals surface area contributed by atoms with Crippen molar-refractivity contribution < 1.29 is 9.13 Å². The normalized spacial score (nSPS) is 23.2. The molecule has 0 spiro atoms. The maximum Gasteiger partial charge on any atom is 0.353 e. The lowest BCUT2D eigenvalue weighted by atomic mass is 9.99. The number of aromatic amines is 1. The summed E-state index contributed by atoms with van der Waals surface area (Å²) in [6.45, 7) is 3.32. The molecule has 5 rings (SSSR count). The van der Waals surface area contributed by atoms with Gasteiger partial charge in [-0.25, -0.2) is 14.0 Å². The molecule has 2 aliphatic heterocycles. The number of piperidine rings is 1. The third-order valence-electron chi connectivity index (χ3n) is 6.66. The molecule has 1 N–H and O–H groups in total. The van der Waals surface area contributed by atoms with Crippen molar-refractivity contribution in [3.63, 3.8) is 0 Å². The van der Waals surface area contributed by atoms with Gasteiger partial charge >= 0.3 is 11.4 Å². The van der Waals surface area contributed by atoms with Gasteiger partial charge in [0.2, 0.25) is 5.78 Å². The van der Waals surface area contributed by atoms with Crippen LogP contribution in [0.25, 0.3) is 5.78 Å². The minimum absolute atomic E-state index is 0.142. The highest BCUT2D eigenvalue weighted by atomic mass is 19.1. The van der Waals surface area contributed by atoms with Crippen molar-refractivity contribution in [1.82, 2.24) is 29.0 Å². The van der Waals surface area contributed by atoms with E-state index in [9.17, 15) is 14.0 Å². The van der Waals surface area contributed by atoms with E-state index >= 15 is 0 Å². The van der Waals surface area contributed by atoms with Crippen LogP contribution in [0.1, 0.15) is 43.5 Å². The van der Waals surface area contributed by atoms with Crippen molar-refractivity contribution >= 4 is 5.78 Å². The summed E-state index contributed by atoms with van der Waals surface area (Å²) in [6, 6.07) is 7.65. The number of ether oxygens (including phenoxy) is 1. The van der Waals surface area contributed by atoms with Gasteiger partial charge in [0.15, 0.2) is 0 Å². The molecule has 1 aromatic carbocycles. The minimum atomic E-state index is -0.572. The highest BCUT2D eigenvalue weighted by Crippen LogP contribution is 2.37. The zero-order valence-electron chi connectivity index (χ0n) is 18.0. The van der Waals surface area contributed by atoms with E-state index in [0.29, 0.717) is 36.6 Å². The molecule has 2 unspecified atom stereocenters. The number of nitrogens with one attached hydrogen (secondary N) is 1. The first-order valence-electron chi connectivity index (χ1n) is 11.2. The first-order valence-corrected chi connectivity index (χ1v) is 11.2. The predicted molar refractivity (Wildman–Crippen MR) is 115 cm³/mol. The molecule has 2 bridgehead atoms. The topological polar surface area (TPSA) is 97.5 Å². The van der Waals surface area contributed by atoms with Gasteiger partial charge in [0.1, 0.15) is 11.6 Å². The highest BCUT2D eigenvalue weighted by Gasteiger charge is 2.40. The molecule has 2 fully saturated rings. The van der Waals surface area contributed by atoms with Gasteiger partial charge in [-0.3, -0.25) is 14.5 Å². The Kier molecular flexibility index (Phi) is 5.64. The van der Waals surface area contributed by atoms with E-state index in [1.54, 1.807) is 19.1 Å². The Balaban J connectivity index is 1.19. The van der Waals surface area contributed by atoms with Gasteiger partial charge < -0.3 is 4.74 Å². The summed E-state index contributed by atoms with van der Waals surface area (Å²) in [5, 5.41) is 4.05. The number of halogens is 1. The Labute approximate surface area is 183 Å². The van der Waals surface area contributed by atoms with Crippen LogP contribution in [-0.4, -0.2) is 53.8 Å². The van der Waals surface area contributed by atoms with Gasteiger partial charge in [0.25, 0.3) is 0 Å². The quantitative estimate of drug-likeness (QED) is 0.597. The molecule has 2 aliphatic rings. The highest BCUT2D eigenvalue weighted by molar-refractivity contribution is 5.26. The number of rotatable bonds is 7. The van der Waals surface area contributed by atoms with Crippen LogP contribution < -0.4 is 11.4 Å². The Hall–Kier alpha value is -2.85. The fourth-order valence-electron chi connectivity index (χ4n) is 5.18. The fraction of sp³-hybridized carbons (Fsp3) is 0.545. The van der Waals surface area contributed by atoms with Gasteiger partial charge in [-0.15, -0.1) is 9.61 Å². The maximum atomic E-state index is 13.9. The smallest absolute Gasteiger partial charge is 0.353 e. The summed E-state index contributed by atoms with van der Waals surface area (Å²) in [4.78, 5) is 33.3. The van der Waals surface area contributed by atoms with Crippen LogP contribution in [0.4, 0.5) is 4.39 Å². The van der Waals surface area contributed by atoms with Crippen molar-refractivity contribution in [2.24, 2.45) is 0 Å². The monoisotopic (exact) mass is 442 g/mol. The molecule has 2 atom stereocenters. The molecular formula is C22H27FN6O3. The van der Waals surface area contributed by atoms with Crippen molar-refractivity contribution in [2.45, 2.75) is 70.4 Å². The second-order valence-electron chi connectivity index (χ2n) is 8.73. The van der Waals surface area contributed by atoms with E-state index in [1.165, 1.54) is 10.6 Å². The van der Waals surface area contributed by atoms with Crippen LogP contribution in [0, 0.1) is 12.7 Å². The van der Waals surface area contributed by atoms with E-state index in [4.69, 9.17) is 4.74 Å². The molecule has 0 radical (unpaired) electrons. The number of benzene rings is 1. The Morgan fingerprint density at radius 2 is 1.88 bits per heavy atom. The maximum absolute atomic E-state index is 13.9. The van der Waals surface area contributed by atoms with Crippen molar-refractivity contribution in [2.75, 3.05) is 6.54 Å². The zero-order chi connectivity index (χ0) is 22.2. The number of nitrogens with zero attached hydrogens (tertiary/aromatic N) is 5. The largest absolute Gasteiger partial charge is 0.373 e. The zero-order valence-corrected chi connectivity index (χ0v) is 18.0. The van der Waals surface area contributed by atoms with Crippen molar-refractivity contribution in [3.8, 4) is 0 Å². The predicted octanol–water partition coefficient (Wildman–Crippen LogP) is 1.63. The minimum Gasteiger partial charge on any atom is -0.373 e. The number of aryl methyl sites for hydroxylation is 2. The van der Waals surface area contributed by atoms with Gasteiger partial charge in [0.05, 0.1) is 12.7 Å². The lowest BCUT2D eigenvalue weighted by Crippen LogP contribution is -2.46. The molecule has 0 aliphatic carbocycles.